The van der Waals surface area contributed by atoms with Gasteiger partial charge in [0.05, 0.1) is 0 Å². The molecule has 1 saturated heterocycles. The van der Waals surface area contributed by atoms with Crippen molar-refractivity contribution in [3.8, 4) is 0 Å². The number of pyridine rings is 1. The van der Waals surface area contributed by atoms with Gasteiger partial charge in [0.2, 0.25) is 0 Å². The lowest BCUT2D eigenvalue weighted by atomic mass is 9.83. The molecule has 4 heterocycles. The number of hydrogen-bond donors (Lipinski definition) is 0. The number of hydrogen-bond acceptors (Lipinski definition) is 2. The minimum absolute atomic E-state index is 0.0747. The summed E-state index contributed by atoms with van der Waals surface area (Å²) in [7, 11) is 1.95. The van der Waals surface area contributed by atoms with Crippen LogP contribution in [0.2, 0.25) is 0 Å². The normalized spacial score (nSPS) is 21.7. The Morgan fingerprint density at radius 3 is 2.73 bits per heavy atom. The van der Waals surface area contributed by atoms with Gasteiger partial charge in [-0.15, -0.1) is 0 Å². The number of nitrogens with zero attached hydrogens (tertiary/aromatic N) is 3. The predicted octanol–water partition coefficient (Wildman–Crippen LogP) is 2.60. The first-order chi connectivity index (χ1) is 12.6. The zero-order chi connectivity index (χ0) is 17.8. The highest BCUT2D eigenvalue weighted by Gasteiger charge is 2.37. The Bertz CT molecular complexity index is 1080. The van der Waals surface area contributed by atoms with E-state index in [-0.39, 0.29) is 17.4 Å². The molecule has 2 aliphatic heterocycles. The number of carbonyl (C=O) groups is 1. The number of aryl methyl sites for hydroxylation is 1. The van der Waals surface area contributed by atoms with E-state index in [2.05, 4.69) is 0 Å². The van der Waals surface area contributed by atoms with Crippen molar-refractivity contribution in [2.45, 2.75) is 18.9 Å². The van der Waals surface area contributed by atoms with E-state index in [1.54, 1.807) is 6.07 Å². The molecule has 1 amide bonds. The number of aromatic nitrogens is 2. The van der Waals surface area contributed by atoms with Crippen molar-refractivity contribution in [2.24, 2.45) is 13.0 Å². The van der Waals surface area contributed by atoms with Gasteiger partial charge in [-0.1, -0.05) is 24.3 Å². The maximum atomic E-state index is 13.2. The third-order valence-corrected chi connectivity index (χ3v) is 5.94. The molecule has 0 unspecified atom stereocenters. The highest BCUT2D eigenvalue weighted by Crippen LogP contribution is 2.35. The van der Waals surface area contributed by atoms with Crippen molar-refractivity contribution in [3.63, 3.8) is 0 Å². The lowest BCUT2D eigenvalue weighted by molar-refractivity contribution is 0.0585. The van der Waals surface area contributed by atoms with Gasteiger partial charge in [0, 0.05) is 55.3 Å². The van der Waals surface area contributed by atoms with E-state index in [0.717, 1.165) is 35.3 Å². The van der Waals surface area contributed by atoms with Crippen LogP contribution >= 0.6 is 0 Å². The number of benzene rings is 1. The Hall–Kier alpha value is -2.82. The summed E-state index contributed by atoms with van der Waals surface area (Å²) in [4.78, 5) is 27.4. The molecule has 5 heteroatoms. The number of piperidine rings is 1. The summed E-state index contributed by atoms with van der Waals surface area (Å²) in [6.45, 7) is 2.11. The van der Waals surface area contributed by atoms with Crippen LogP contribution in [0.4, 0.5) is 0 Å². The fraction of sp³-hybridized carbons (Fsp3) is 0.333. The summed E-state index contributed by atoms with van der Waals surface area (Å²) in [6.07, 6.45) is 1.06. The quantitative estimate of drug-likeness (QED) is 0.679. The minimum Gasteiger partial charge on any atom is -0.340 e. The fourth-order valence-electron chi connectivity index (χ4n) is 4.72. The molecular formula is C21H21N3O2. The average molecular weight is 347 g/mol. The molecule has 0 aliphatic carbocycles. The summed E-state index contributed by atoms with van der Waals surface area (Å²) in [5, 5.41) is 1.09. The minimum atomic E-state index is 0.0747. The summed E-state index contributed by atoms with van der Waals surface area (Å²) < 4.78 is 3.89. The Labute approximate surface area is 151 Å². The van der Waals surface area contributed by atoms with Crippen LogP contribution < -0.4 is 5.56 Å². The van der Waals surface area contributed by atoms with Gasteiger partial charge >= 0.3 is 0 Å². The van der Waals surface area contributed by atoms with Gasteiger partial charge in [0.15, 0.2) is 0 Å². The van der Waals surface area contributed by atoms with Crippen molar-refractivity contribution < 1.29 is 4.79 Å². The molecule has 0 N–H and O–H groups in total. The molecule has 1 aromatic carbocycles. The van der Waals surface area contributed by atoms with E-state index < -0.39 is 0 Å². The Kier molecular flexibility index (Phi) is 3.32. The molecule has 132 valence electrons. The van der Waals surface area contributed by atoms with Gasteiger partial charge < -0.3 is 14.0 Å². The van der Waals surface area contributed by atoms with Gasteiger partial charge in [0.1, 0.15) is 5.69 Å². The van der Waals surface area contributed by atoms with Gasteiger partial charge in [0.25, 0.3) is 11.5 Å². The molecule has 26 heavy (non-hydrogen) atoms. The van der Waals surface area contributed by atoms with Gasteiger partial charge in [-0.3, -0.25) is 9.59 Å². The number of likely N-dealkylation sites (tertiary alicyclic amines) is 1. The van der Waals surface area contributed by atoms with Crippen molar-refractivity contribution >= 4 is 16.8 Å². The first-order valence-electron chi connectivity index (χ1n) is 9.15. The van der Waals surface area contributed by atoms with Crippen LogP contribution in [-0.4, -0.2) is 33.0 Å². The predicted molar refractivity (Wildman–Crippen MR) is 100 cm³/mol. The van der Waals surface area contributed by atoms with E-state index >= 15 is 0 Å². The zero-order valence-corrected chi connectivity index (χ0v) is 14.8. The molecule has 1 fully saturated rings. The van der Waals surface area contributed by atoms with Crippen molar-refractivity contribution in [1.29, 1.82) is 0 Å². The van der Waals surface area contributed by atoms with E-state index in [0.29, 0.717) is 19.0 Å². The highest BCUT2D eigenvalue weighted by atomic mass is 16.2. The molecular weight excluding hydrogens is 326 g/mol. The molecule has 2 atom stereocenters. The third-order valence-electron chi connectivity index (χ3n) is 5.94. The Balaban J connectivity index is 1.49. The van der Waals surface area contributed by atoms with Crippen LogP contribution in [0.25, 0.3) is 10.9 Å². The molecule has 0 spiro atoms. The third kappa shape index (κ3) is 2.23. The number of amides is 1. The average Bonchev–Trinajstić information content (AvgIpc) is 2.99. The van der Waals surface area contributed by atoms with Crippen LogP contribution in [0, 0.1) is 5.92 Å². The van der Waals surface area contributed by atoms with Crippen LogP contribution in [0.5, 0.6) is 0 Å². The zero-order valence-electron chi connectivity index (χ0n) is 14.8. The number of carbonyl (C=O) groups excluding carboxylic acids is 1. The van der Waals surface area contributed by atoms with E-state index in [9.17, 15) is 9.59 Å². The van der Waals surface area contributed by atoms with Gasteiger partial charge in [-0.05, 0) is 30.5 Å². The molecule has 2 bridgehead atoms. The SMILES string of the molecule is Cn1c(C(=O)N2C[C@@H]3C[C@H](C2)c2cccc(=O)n2C3)cc2ccccc21. The summed E-state index contributed by atoms with van der Waals surface area (Å²) >= 11 is 0. The van der Waals surface area contributed by atoms with Crippen LogP contribution in [0.15, 0.2) is 53.3 Å². The largest absolute Gasteiger partial charge is 0.340 e. The molecule has 3 aromatic rings. The van der Waals surface area contributed by atoms with E-state index in [1.807, 2.05) is 63.5 Å². The highest BCUT2D eigenvalue weighted by molar-refractivity contribution is 5.98. The molecule has 0 radical (unpaired) electrons. The van der Waals surface area contributed by atoms with E-state index in [1.165, 1.54) is 0 Å². The number of fused-ring (bicyclic) bond motifs is 5. The fourth-order valence-corrected chi connectivity index (χ4v) is 4.72. The monoisotopic (exact) mass is 347 g/mol. The van der Waals surface area contributed by atoms with Crippen molar-refractivity contribution in [2.75, 3.05) is 13.1 Å². The first kappa shape index (κ1) is 15.4. The number of rotatable bonds is 1. The standard InChI is InChI=1S/C21H21N3O2/c1-22-17-6-3-2-5-15(17)10-19(22)21(26)23-11-14-9-16(13-23)18-7-4-8-20(25)24(18)12-14/h2-8,10,14,16H,9,11-13H2,1H3/t14-,16+/m0/s1. The molecule has 5 nitrogen and oxygen atoms in total. The second-order valence-corrected chi connectivity index (χ2v) is 7.56. The first-order valence-corrected chi connectivity index (χ1v) is 9.15. The molecule has 0 saturated carbocycles. The molecule has 5 rings (SSSR count). The summed E-state index contributed by atoms with van der Waals surface area (Å²) in [5.41, 5.74) is 2.95. The van der Waals surface area contributed by atoms with Gasteiger partial charge in [-0.25, -0.2) is 0 Å². The van der Waals surface area contributed by atoms with Crippen LogP contribution in [0.3, 0.4) is 0 Å². The van der Waals surface area contributed by atoms with E-state index in [4.69, 9.17) is 0 Å². The summed E-state index contributed by atoms with van der Waals surface area (Å²) in [5.74, 6) is 0.681. The van der Waals surface area contributed by atoms with Crippen molar-refractivity contribution in [3.05, 3.63) is 70.3 Å². The lowest BCUT2D eigenvalue weighted by Crippen LogP contribution is -2.49. The topological polar surface area (TPSA) is 47.2 Å². The number of para-hydroxylation sites is 1. The Morgan fingerprint density at radius 2 is 1.88 bits per heavy atom. The lowest BCUT2D eigenvalue weighted by Gasteiger charge is -2.42. The smallest absolute Gasteiger partial charge is 0.270 e. The Morgan fingerprint density at radius 1 is 1.04 bits per heavy atom. The maximum absolute atomic E-state index is 13.2. The molecule has 2 aromatic heterocycles. The second kappa shape index (κ2) is 5.59. The second-order valence-electron chi connectivity index (χ2n) is 7.56. The van der Waals surface area contributed by atoms with Gasteiger partial charge in [-0.2, -0.15) is 0 Å². The van der Waals surface area contributed by atoms with Crippen LogP contribution in [0.1, 0.15) is 28.5 Å². The van der Waals surface area contributed by atoms with Crippen molar-refractivity contribution in [1.82, 2.24) is 14.0 Å². The molecule has 2 aliphatic rings. The van der Waals surface area contributed by atoms with Crippen LogP contribution in [-0.2, 0) is 13.6 Å². The summed E-state index contributed by atoms with van der Waals surface area (Å²) in [6, 6.07) is 15.6. The maximum Gasteiger partial charge on any atom is 0.270 e.